The molecule has 1 aromatic carbocycles. The zero-order chi connectivity index (χ0) is 17.0. The van der Waals surface area contributed by atoms with Gasteiger partial charge in [-0.2, -0.15) is 0 Å². The molecule has 1 heterocycles. The summed E-state index contributed by atoms with van der Waals surface area (Å²) in [6.07, 6.45) is -2.27. The summed E-state index contributed by atoms with van der Waals surface area (Å²) in [5.74, 6) is -0.203. The molecule has 23 heavy (non-hydrogen) atoms. The molecule has 1 fully saturated rings. The van der Waals surface area contributed by atoms with E-state index >= 15 is 0 Å². The zero-order valence-corrected chi connectivity index (χ0v) is 13.0. The maximum atomic E-state index is 12.3. The number of carbonyl (C=O) groups excluding carboxylic acids is 1. The fraction of sp³-hybridized carbons (Fsp3) is 0.562. The number of likely N-dealkylation sites (tertiary alicyclic amines) is 1. The van der Waals surface area contributed by atoms with Gasteiger partial charge in [-0.3, -0.25) is 4.79 Å². The molecule has 0 spiro atoms. The van der Waals surface area contributed by atoms with Crippen molar-refractivity contribution in [2.45, 2.75) is 51.1 Å². The number of carbonyl (C=O) groups is 1. The fourth-order valence-corrected chi connectivity index (χ4v) is 2.83. The van der Waals surface area contributed by atoms with Crippen LogP contribution in [0.3, 0.4) is 0 Å². The molecule has 1 amide bonds. The van der Waals surface area contributed by atoms with E-state index in [9.17, 15) is 18.0 Å². The van der Waals surface area contributed by atoms with E-state index in [1.807, 2.05) is 11.8 Å². The quantitative estimate of drug-likeness (QED) is 0.923. The van der Waals surface area contributed by atoms with E-state index in [-0.39, 0.29) is 23.7 Å². The number of hydrogen-bond acceptors (Lipinski definition) is 3. The van der Waals surface area contributed by atoms with Gasteiger partial charge in [-0.15, -0.1) is 13.2 Å². The second-order valence-corrected chi connectivity index (χ2v) is 5.91. The molecule has 0 bridgehead atoms. The van der Waals surface area contributed by atoms with Crippen LogP contribution in [-0.4, -0.2) is 35.8 Å². The highest BCUT2D eigenvalue weighted by Gasteiger charge is 2.31. The number of benzene rings is 1. The molecule has 1 aliphatic heterocycles. The lowest BCUT2D eigenvalue weighted by Gasteiger charge is -2.36. The average Bonchev–Trinajstić information content (AvgIpc) is 2.44. The van der Waals surface area contributed by atoms with Gasteiger partial charge in [0.05, 0.1) is 0 Å². The highest BCUT2D eigenvalue weighted by molar-refractivity contribution is 5.76. The number of nitrogens with two attached hydrogens (primary N) is 1. The van der Waals surface area contributed by atoms with Crippen LogP contribution in [0.2, 0.25) is 0 Å². The first-order valence-corrected chi connectivity index (χ1v) is 7.64. The van der Waals surface area contributed by atoms with Crippen LogP contribution in [0.1, 0.15) is 31.7 Å². The van der Waals surface area contributed by atoms with Crippen molar-refractivity contribution < 1.29 is 22.7 Å². The average molecular weight is 330 g/mol. The minimum absolute atomic E-state index is 0.0556. The minimum atomic E-state index is -4.69. The number of alkyl halides is 3. The Morgan fingerprint density at radius 2 is 2.00 bits per heavy atom. The largest absolute Gasteiger partial charge is 0.573 e. The Morgan fingerprint density at radius 1 is 1.35 bits per heavy atom. The van der Waals surface area contributed by atoms with E-state index in [1.165, 1.54) is 12.1 Å². The third kappa shape index (κ3) is 5.42. The lowest BCUT2D eigenvalue weighted by Crippen LogP contribution is -2.48. The summed E-state index contributed by atoms with van der Waals surface area (Å²) < 4.78 is 40.1. The Balaban J connectivity index is 1.84. The number of halogens is 3. The van der Waals surface area contributed by atoms with E-state index in [0.29, 0.717) is 19.4 Å². The number of ether oxygens (including phenoxy) is 1. The van der Waals surface area contributed by atoms with E-state index in [2.05, 4.69) is 4.74 Å². The smallest absolute Gasteiger partial charge is 0.406 e. The van der Waals surface area contributed by atoms with Crippen molar-refractivity contribution in [1.29, 1.82) is 0 Å². The summed E-state index contributed by atoms with van der Waals surface area (Å²) >= 11 is 0. The molecular formula is C16H21F3N2O2. The SMILES string of the molecule is C[C@H]1C[C@H](N)CCN1C(=O)CCc1ccc(OC(F)(F)F)cc1. The molecule has 1 aromatic rings. The molecule has 128 valence electrons. The standard InChI is InChI=1S/C16H21F3N2O2/c1-11-10-13(20)8-9-21(11)15(22)7-4-12-2-5-14(6-3-12)23-16(17,18)19/h2-3,5-6,11,13H,4,7-10,20H2,1H3/t11-,13+/m0/s1. The van der Waals surface area contributed by atoms with Crippen molar-refractivity contribution in [3.8, 4) is 5.75 Å². The molecule has 0 aliphatic carbocycles. The van der Waals surface area contributed by atoms with Gasteiger partial charge in [0, 0.05) is 25.0 Å². The minimum Gasteiger partial charge on any atom is -0.406 e. The Bertz CT molecular complexity index is 531. The van der Waals surface area contributed by atoms with Crippen LogP contribution in [-0.2, 0) is 11.2 Å². The predicted molar refractivity (Wildman–Crippen MR) is 79.8 cm³/mol. The fourth-order valence-electron chi connectivity index (χ4n) is 2.83. The van der Waals surface area contributed by atoms with Crippen molar-refractivity contribution >= 4 is 5.91 Å². The normalized spacial score (nSPS) is 22.0. The number of aryl methyl sites for hydroxylation is 1. The lowest BCUT2D eigenvalue weighted by molar-refractivity contribution is -0.274. The van der Waals surface area contributed by atoms with Crippen LogP contribution < -0.4 is 10.5 Å². The predicted octanol–water partition coefficient (Wildman–Crippen LogP) is 2.86. The lowest BCUT2D eigenvalue weighted by atomic mass is 9.98. The van der Waals surface area contributed by atoms with Crippen molar-refractivity contribution in [2.75, 3.05) is 6.54 Å². The maximum Gasteiger partial charge on any atom is 0.573 e. The van der Waals surface area contributed by atoms with Crippen LogP contribution in [0.15, 0.2) is 24.3 Å². The molecule has 4 nitrogen and oxygen atoms in total. The topological polar surface area (TPSA) is 55.6 Å². The Hall–Kier alpha value is -1.76. The third-order valence-corrected chi connectivity index (χ3v) is 4.02. The monoisotopic (exact) mass is 330 g/mol. The molecule has 2 N–H and O–H groups in total. The van der Waals surface area contributed by atoms with Crippen LogP contribution in [0, 0.1) is 0 Å². The number of hydrogen-bond donors (Lipinski definition) is 1. The van der Waals surface area contributed by atoms with E-state index < -0.39 is 6.36 Å². The molecule has 0 unspecified atom stereocenters. The molecule has 1 saturated heterocycles. The molecule has 2 rings (SSSR count). The number of piperidine rings is 1. The first-order chi connectivity index (χ1) is 10.7. The van der Waals surface area contributed by atoms with Gasteiger partial charge in [-0.25, -0.2) is 0 Å². The van der Waals surface area contributed by atoms with Gasteiger partial charge in [-0.1, -0.05) is 12.1 Å². The highest BCUT2D eigenvalue weighted by atomic mass is 19.4. The van der Waals surface area contributed by atoms with Gasteiger partial charge in [-0.05, 0) is 43.9 Å². The molecule has 7 heteroatoms. The summed E-state index contributed by atoms with van der Waals surface area (Å²) in [5.41, 5.74) is 6.68. The van der Waals surface area contributed by atoms with Gasteiger partial charge in [0.25, 0.3) is 0 Å². The summed E-state index contributed by atoms with van der Waals surface area (Å²) in [4.78, 5) is 14.1. The molecular weight excluding hydrogens is 309 g/mol. The van der Waals surface area contributed by atoms with Gasteiger partial charge in [0.2, 0.25) is 5.91 Å². The van der Waals surface area contributed by atoms with Gasteiger partial charge in [0.15, 0.2) is 0 Å². The Morgan fingerprint density at radius 3 is 2.57 bits per heavy atom. The number of nitrogens with zero attached hydrogens (tertiary/aromatic N) is 1. The second-order valence-electron chi connectivity index (χ2n) is 5.91. The van der Waals surface area contributed by atoms with Crippen LogP contribution in [0.5, 0.6) is 5.75 Å². The summed E-state index contributed by atoms with van der Waals surface area (Å²) in [5, 5.41) is 0. The van der Waals surface area contributed by atoms with Gasteiger partial charge >= 0.3 is 6.36 Å². The first-order valence-electron chi connectivity index (χ1n) is 7.64. The maximum absolute atomic E-state index is 12.3. The van der Waals surface area contributed by atoms with Crippen LogP contribution in [0.4, 0.5) is 13.2 Å². The van der Waals surface area contributed by atoms with Crippen LogP contribution in [0.25, 0.3) is 0 Å². The number of rotatable bonds is 4. The molecule has 1 aliphatic rings. The van der Waals surface area contributed by atoms with Gasteiger partial charge < -0.3 is 15.4 Å². The highest BCUT2D eigenvalue weighted by Crippen LogP contribution is 2.23. The molecule has 0 saturated carbocycles. The number of amides is 1. The summed E-state index contributed by atoms with van der Waals surface area (Å²) in [6.45, 7) is 2.65. The molecule has 0 radical (unpaired) electrons. The second kappa shape index (κ2) is 7.21. The first kappa shape index (κ1) is 17.6. The third-order valence-electron chi connectivity index (χ3n) is 4.02. The van der Waals surface area contributed by atoms with Gasteiger partial charge in [0.1, 0.15) is 5.75 Å². The van der Waals surface area contributed by atoms with Crippen LogP contribution >= 0.6 is 0 Å². The van der Waals surface area contributed by atoms with Crippen molar-refractivity contribution in [3.63, 3.8) is 0 Å². The van der Waals surface area contributed by atoms with Crippen molar-refractivity contribution in [3.05, 3.63) is 29.8 Å². The Labute approximate surface area is 133 Å². The van der Waals surface area contributed by atoms with Crippen molar-refractivity contribution in [1.82, 2.24) is 4.90 Å². The van der Waals surface area contributed by atoms with E-state index in [4.69, 9.17) is 5.73 Å². The van der Waals surface area contributed by atoms with E-state index in [1.54, 1.807) is 12.1 Å². The zero-order valence-electron chi connectivity index (χ0n) is 13.0. The molecule has 0 aromatic heterocycles. The molecule has 2 atom stereocenters. The Kier molecular flexibility index (Phi) is 5.51. The van der Waals surface area contributed by atoms with Crippen molar-refractivity contribution in [2.24, 2.45) is 5.73 Å². The van der Waals surface area contributed by atoms with E-state index in [0.717, 1.165) is 18.4 Å². The summed E-state index contributed by atoms with van der Waals surface area (Å²) in [6, 6.07) is 5.89. The summed E-state index contributed by atoms with van der Waals surface area (Å²) in [7, 11) is 0.